The summed E-state index contributed by atoms with van der Waals surface area (Å²) in [6.07, 6.45) is 16.7. The molecule has 0 aliphatic heterocycles. The van der Waals surface area contributed by atoms with Crippen molar-refractivity contribution in [2.75, 3.05) is 0 Å². The smallest absolute Gasteiger partial charge is 0.316 e. The summed E-state index contributed by atoms with van der Waals surface area (Å²) in [4.78, 5) is 26.2. The van der Waals surface area contributed by atoms with E-state index in [-0.39, 0.29) is 23.8 Å². The van der Waals surface area contributed by atoms with E-state index in [2.05, 4.69) is 24.3 Å². The summed E-state index contributed by atoms with van der Waals surface area (Å²) in [6, 6.07) is 0. The molecule has 0 amide bonds. The van der Waals surface area contributed by atoms with Gasteiger partial charge in [-0.1, -0.05) is 24.3 Å². The van der Waals surface area contributed by atoms with E-state index in [9.17, 15) is 9.59 Å². The number of hydrogen-bond acceptors (Lipinski definition) is 3. The van der Waals surface area contributed by atoms with Crippen molar-refractivity contribution in [2.45, 2.75) is 38.5 Å². The molecule has 3 nitrogen and oxygen atoms in total. The molecule has 8 aliphatic rings. The summed E-state index contributed by atoms with van der Waals surface area (Å²) in [5.74, 6) is 7.97. The first kappa shape index (κ1) is 16.3. The average Bonchev–Trinajstić information content (AvgIpc) is 3.57. The maximum absolute atomic E-state index is 13.1. The lowest BCUT2D eigenvalue weighted by Gasteiger charge is -2.37. The zero-order chi connectivity index (χ0) is 19.0. The van der Waals surface area contributed by atoms with Gasteiger partial charge in [-0.2, -0.15) is 0 Å². The molecule has 0 saturated heterocycles. The van der Waals surface area contributed by atoms with E-state index in [1.165, 1.54) is 25.7 Å². The van der Waals surface area contributed by atoms with Crippen LogP contribution in [-0.4, -0.2) is 11.9 Å². The van der Waals surface area contributed by atoms with Crippen LogP contribution in [-0.2, 0) is 14.3 Å². The zero-order valence-electron chi connectivity index (χ0n) is 16.9. The molecule has 0 aromatic carbocycles. The molecule has 0 aromatic rings. The first-order chi connectivity index (χ1) is 14.2. The van der Waals surface area contributed by atoms with Gasteiger partial charge >= 0.3 is 11.9 Å². The van der Waals surface area contributed by atoms with Gasteiger partial charge in [0.25, 0.3) is 0 Å². The number of hydrogen-bond donors (Lipinski definition) is 0. The van der Waals surface area contributed by atoms with E-state index in [0.717, 1.165) is 36.5 Å². The third-order valence-corrected chi connectivity index (χ3v) is 11.3. The first-order valence-corrected chi connectivity index (χ1v) is 12.3. The SMILES string of the molecule is O=C(OC(=O)C1CC2CC1C1C3C=CC(C3)C21)C1CC2CC1C1C3C=CC(C3)C21. The number of allylic oxidation sites excluding steroid dienone is 4. The third-order valence-electron chi connectivity index (χ3n) is 11.3. The maximum Gasteiger partial charge on any atom is 0.316 e. The summed E-state index contributed by atoms with van der Waals surface area (Å²) in [5, 5.41) is 0. The Labute approximate surface area is 172 Å². The molecule has 3 heteroatoms. The van der Waals surface area contributed by atoms with Crippen LogP contribution in [0, 0.1) is 82.9 Å². The van der Waals surface area contributed by atoms with E-state index < -0.39 is 0 Å². The number of fused-ring (bicyclic) bond motifs is 18. The number of rotatable bonds is 2. The second kappa shape index (κ2) is 5.26. The molecule has 0 heterocycles. The summed E-state index contributed by atoms with van der Waals surface area (Å²) >= 11 is 0. The van der Waals surface area contributed by atoms with Gasteiger partial charge in [-0.05, 0) is 110 Å². The van der Waals surface area contributed by atoms with E-state index in [1.807, 2.05) is 0 Å². The highest BCUT2D eigenvalue weighted by Crippen LogP contribution is 2.68. The summed E-state index contributed by atoms with van der Waals surface area (Å²) in [6.45, 7) is 0. The third kappa shape index (κ3) is 1.88. The summed E-state index contributed by atoms with van der Waals surface area (Å²) in [7, 11) is 0. The molecule has 6 fully saturated rings. The van der Waals surface area contributed by atoms with Crippen molar-refractivity contribution in [3.8, 4) is 0 Å². The van der Waals surface area contributed by atoms with Crippen molar-refractivity contribution < 1.29 is 14.3 Å². The van der Waals surface area contributed by atoms with Crippen LogP contribution in [0.15, 0.2) is 24.3 Å². The minimum Gasteiger partial charge on any atom is -0.393 e. The van der Waals surface area contributed by atoms with Crippen LogP contribution in [0.3, 0.4) is 0 Å². The van der Waals surface area contributed by atoms with Gasteiger partial charge in [0.05, 0.1) is 11.8 Å². The van der Waals surface area contributed by atoms with Crippen molar-refractivity contribution in [2.24, 2.45) is 82.9 Å². The average molecular weight is 391 g/mol. The predicted octanol–water partition coefficient (Wildman–Crippen LogP) is 4.24. The number of carbonyl (C=O) groups is 2. The minimum absolute atomic E-state index is 0.00489. The van der Waals surface area contributed by atoms with Crippen molar-refractivity contribution in [1.82, 2.24) is 0 Å². The van der Waals surface area contributed by atoms with Gasteiger partial charge in [0.2, 0.25) is 0 Å². The number of carbonyl (C=O) groups excluding carboxylic acids is 2. The molecule has 0 aromatic heterocycles. The predicted molar refractivity (Wildman–Crippen MR) is 106 cm³/mol. The second-order valence-electron chi connectivity index (χ2n) is 11.9. The van der Waals surface area contributed by atoms with E-state index >= 15 is 0 Å². The minimum atomic E-state index is -0.167. The molecule has 8 rings (SSSR count). The topological polar surface area (TPSA) is 43.4 Å². The molecule has 14 unspecified atom stereocenters. The lowest BCUT2D eigenvalue weighted by atomic mass is 9.69. The van der Waals surface area contributed by atoms with Crippen LogP contribution in [0.4, 0.5) is 0 Å². The maximum atomic E-state index is 13.1. The van der Waals surface area contributed by atoms with Crippen LogP contribution in [0.2, 0.25) is 0 Å². The summed E-state index contributed by atoms with van der Waals surface area (Å²) < 4.78 is 5.67. The quantitative estimate of drug-likeness (QED) is 0.306. The van der Waals surface area contributed by atoms with Gasteiger partial charge in [0.15, 0.2) is 0 Å². The Morgan fingerprint density at radius 3 is 1.41 bits per heavy atom. The van der Waals surface area contributed by atoms with Gasteiger partial charge in [-0.3, -0.25) is 9.59 Å². The van der Waals surface area contributed by atoms with Crippen LogP contribution in [0.5, 0.6) is 0 Å². The standard InChI is InChI=1S/C26H30O3/c27-25(19-9-15-7-17(19)23-13-3-1-11(5-13)21(15)23)29-26(28)20-10-16-8-18(20)24-14-4-2-12(6-14)22(16)24/h1-4,11-24H,5-10H2. The second-order valence-corrected chi connectivity index (χ2v) is 11.9. The highest BCUT2D eigenvalue weighted by Gasteiger charge is 2.64. The molecule has 0 spiro atoms. The highest BCUT2D eigenvalue weighted by molar-refractivity contribution is 5.88. The van der Waals surface area contributed by atoms with Crippen molar-refractivity contribution in [1.29, 1.82) is 0 Å². The number of ether oxygens (including phenoxy) is 1. The fourth-order valence-corrected chi connectivity index (χ4v) is 10.8. The fourth-order valence-electron chi connectivity index (χ4n) is 10.8. The summed E-state index contributed by atoms with van der Waals surface area (Å²) in [5.41, 5.74) is 0. The van der Waals surface area contributed by atoms with Crippen LogP contribution in [0.1, 0.15) is 38.5 Å². The van der Waals surface area contributed by atoms with Gasteiger partial charge in [0, 0.05) is 0 Å². The normalized spacial score (nSPS) is 61.0. The van der Waals surface area contributed by atoms with Gasteiger partial charge in [-0.25, -0.2) is 0 Å². The van der Waals surface area contributed by atoms with Crippen LogP contribution in [0.25, 0.3) is 0 Å². The molecule has 6 saturated carbocycles. The van der Waals surface area contributed by atoms with Crippen molar-refractivity contribution >= 4 is 11.9 Å². The molecule has 29 heavy (non-hydrogen) atoms. The Bertz CT molecular complexity index is 801. The fraction of sp³-hybridized carbons (Fsp3) is 0.769. The lowest BCUT2D eigenvalue weighted by molar-refractivity contribution is -0.169. The van der Waals surface area contributed by atoms with E-state index in [4.69, 9.17) is 4.74 Å². The van der Waals surface area contributed by atoms with E-state index in [1.54, 1.807) is 0 Å². The number of esters is 2. The Hall–Kier alpha value is -1.38. The molecular formula is C26H30O3. The zero-order valence-corrected chi connectivity index (χ0v) is 16.9. The molecule has 14 atom stereocenters. The molecule has 152 valence electrons. The molecular weight excluding hydrogens is 360 g/mol. The Morgan fingerprint density at radius 2 is 0.966 bits per heavy atom. The highest BCUT2D eigenvalue weighted by atomic mass is 16.6. The Morgan fingerprint density at radius 1 is 0.552 bits per heavy atom. The molecule has 8 bridgehead atoms. The molecule has 8 aliphatic carbocycles. The van der Waals surface area contributed by atoms with Gasteiger partial charge < -0.3 is 4.74 Å². The van der Waals surface area contributed by atoms with Crippen LogP contribution < -0.4 is 0 Å². The van der Waals surface area contributed by atoms with E-state index in [0.29, 0.717) is 47.3 Å². The van der Waals surface area contributed by atoms with Crippen molar-refractivity contribution in [3.63, 3.8) is 0 Å². The van der Waals surface area contributed by atoms with Crippen molar-refractivity contribution in [3.05, 3.63) is 24.3 Å². The monoisotopic (exact) mass is 390 g/mol. The van der Waals surface area contributed by atoms with Gasteiger partial charge in [0.1, 0.15) is 0 Å². The lowest BCUT2D eigenvalue weighted by Crippen LogP contribution is -2.39. The Balaban J connectivity index is 0.979. The molecule has 0 radical (unpaired) electrons. The first-order valence-electron chi connectivity index (χ1n) is 12.3. The Kier molecular flexibility index (Phi) is 2.96. The van der Waals surface area contributed by atoms with Gasteiger partial charge in [-0.15, -0.1) is 0 Å². The largest absolute Gasteiger partial charge is 0.393 e. The molecule has 0 N–H and O–H groups in total. The van der Waals surface area contributed by atoms with Crippen LogP contribution >= 0.6 is 0 Å².